The van der Waals surface area contributed by atoms with E-state index >= 15 is 0 Å². The van der Waals surface area contributed by atoms with Gasteiger partial charge in [0.1, 0.15) is 12.2 Å². The van der Waals surface area contributed by atoms with E-state index in [0.29, 0.717) is 36.9 Å². The smallest absolute Gasteiger partial charge is 0.290 e. The second kappa shape index (κ2) is 7.64. The van der Waals surface area contributed by atoms with E-state index < -0.39 is 11.6 Å². The van der Waals surface area contributed by atoms with Gasteiger partial charge in [-0.1, -0.05) is 23.2 Å². The van der Waals surface area contributed by atoms with E-state index in [-0.39, 0.29) is 17.5 Å². The van der Waals surface area contributed by atoms with E-state index in [1.807, 2.05) is 24.3 Å². The number of carbonyl (C=O) groups excluding carboxylic acids is 1. The van der Waals surface area contributed by atoms with Gasteiger partial charge < -0.3 is 9.80 Å². The molecule has 146 valence electrons. The molecule has 0 unspecified atom stereocenters. The first kappa shape index (κ1) is 19.9. The SMILES string of the molecule is Cc1c(Cl)c(C(C)(F)F)nn1CC(=O)N1CCN(c2ccc(Cl)cc2)CC1. The molecular weight excluding hydrogens is 397 g/mol. The Hall–Kier alpha value is -1.86. The quantitative estimate of drug-likeness (QED) is 0.757. The molecule has 1 amide bonds. The van der Waals surface area contributed by atoms with Crippen molar-refractivity contribution in [2.24, 2.45) is 0 Å². The van der Waals surface area contributed by atoms with Crippen LogP contribution in [0.25, 0.3) is 0 Å². The monoisotopic (exact) mass is 416 g/mol. The molecule has 9 heteroatoms. The Morgan fingerprint density at radius 1 is 1.15 bits per heavy atom. The van der Waals surface area contributed by atoms with Crippen LogP contribution in [0.3, 0.4) is 0 Å². The minimum absolute atomic E-state index is 0.0946. The van der Waals surface area contributed by atoms with Crippen LogP contribution in [0, 0.1) is 6.92 Å². The van der Waals surface area contributed by atoms with Crippen molar-refractivity contribution in [2.75, 3.05) is 31.1 Å². The summed E-state index contributed by atoms with van der Waals surface area (Å²) in [6.07, 6.45) is 0. The third kappa shape index (κ3) is 4.35. The molecule has 5 nitrogen and oxygen atoms in total. The standard InChI is InChI=1S/C18H20Cl2F2N4O/c1-12-16(20)17(18(2,21)22)23-26(12)11-15(27)25-9-7-24(8-10-25)14-5-3-13(19)4-6-14/h3-6H,7-11H2,1-2H3. The molecule has 1 aliphatic heterocycles. The summed E-state index contributed by atoms with van der Waals surface area (Å²) in [6, 6.07) is 7.56. The van der Waals surface area contributed by atoms with E-state index in [2.05, 4.69) is 10.00 Å². The van der Waals surface area contributed by atoms with Crippen molar-refractivity contribution in [3.8, 4) is 0 Å². The van der Waals surface area contributed by atoms with E-state index in [4.69, 9.17) is 23.2 Å². The maximum absolute atomic E-state index is 13.6. The number of hydrogen-bond acceptors (Lipinski definition) is 3. The lowest BCUT2D eigenvalue weighted by atomic mass is 10.2. The number of aromatic nitrogens is 2. The molecule has 1 aromatic heterocycles. The number of nitrogens with zero attached hydrogens (tertiary/aromatic N) is 4. The first-order chi connectivity index (χ1) is 12.7. The van der Waals surface area contributed by atoms with Crippen LogP contribution in [0.5, 0.6) is 0 Å². The lowest BCUT2D eigenvalue weighted by molar-refractivity contribution is -0.132. The molecule has 3 rings (SSSR count). The van der Waals surface area contributed by atoms with Gasteiger partial charge in [0, 0.05) is 43.8 Å². The molecule has 0 bridgehead atoms. The van der Waals surface area contributed by atoms with Gasteiger partial charge in [-0.05, 0) is 31.2 Å². The van der Waals surface area contributed by atoms with Crippen molar-refractivity contribution in [1.29, 1.82) is 0 Å². The summed E-state index contributed by atoms with van der Waals surface area (Å²) in [4.78, 5) is 16.5. The number of alkyl halides is 2. The number of hydrogen-bond donors (Lipinski definition) is 0. The van der Waals surface area contributed by atoms with Crippen LogP contribution in [-0.4, -0.2) is 46.8 Å². The second-order valence-corrected chi connectivity index (χ2v) is 7.45. The van der Waals surface area contributed by atoms with Gasteiger partial charge in [-0.3, -0.25) is 9.48 Å². The zero-order chi connectivity index (χ0) is 19.8. The maximum atomic E-state index is 13.6. The van der Waals surface area contributed by atoms with Gasteiger partial charge in [0.25, 0.3) is 5.92 Å². The van der Waals surface area contributed by atoms with Crippen molar-refractivity contribution in [2.45, 2.75) is 26.3 Å². The summed E-state index contributed by atoms with van der Waals surface area (Å²) in [5.41, 5.74) is 0.916. The first-order valence-corrected chi connectivity index (χ1v) is 9.32. The molecule has 1 aromatic carbocycles. The molecule has 27 heavy (non-hydrogen) atoms. The minimum Gasteiger partial charge on any atom is -0.368 e. The average molecular weight is 417 g/mol. The van der Waals surface area contributed by atoms with Gasteiger partial charge >= 0.3 is 0 Å². The lowest BCUT2D eigenvalue weighted by Gasteiger charge is -2.36. The van der Waals surface area contributed by atoms with E-state index in [1.54, 1.807) is 11.8 Å². The number of rotatable bonds is 4. The molecule has 1 saturated heterocycles. The third-order valence-electron chi connectivity index (χ3n) is 4.66. The molecule has 0 atom stereocenters. The number of amides is 1. The number of benzene rings is 1. The van der Waals surface area contributed by atoms with Crippen LogP contribution in [0.15, 0.2) is 24.3 Å². The highest BCUT2D eigenvalue weighted by Crippen LogP contribution is 2.33. The fourth-order valence-corrected chi connectivity index (χ4v) is 3.48. The molecule has 0 spiro atoms. The summed E-state index contributed by atoms with van der Waals surface area (Å²) >= 11 is 11.9. The van der Waals surface area contributed by atoms with Crippen LogP contribution < -0.4 is 4.90 Å². The summed E-state index contributed by atoms with van der Waals surface area (Å²) < 4.78 is 28.4. The van der Waals surface area contributed by atoms with Crippen molar-refractivity contribution < 1.29 is 13.6 Å². The average Bonchev–Trinajstić information content (AvgIpc) is 2.91. The Labute approximate surface area is 166 Å². The highest BCUT2D eigenvalue weighted by molar-refractivity contribution is 6.32. The topological polar surface area (TPSA) is 41.4 Å². The zero-order valence-electron chi connectivity index (χ0n) is 15.1. The number of halogens is 4. The van der Waals surface area contributed by atoms with Gasteiger partial charge in [-0.15, -0.1) is 0 Å². The summed E-state index contributed by atoms with van der Waals surface area (Å²) in [6.45, 7) is 4.68. The van der Waals surface area contributed by atoms with Gasteiger partial charge in [-0.25, -0.2) is 0 Å². The molecule has 0 saturated carbocycles. The Kier molecular flexibility index (Phi) is 5.63. The molecule has 1 aliphatic rings. The Morgan fingerprint density at radius 2 is 1.74 bits per heavy atom. The predicted molar refractivity (Wildman–Crippen MR) is 102 cm³/mol. The summed E-state index contributed by atoms with van der Waals surface area (Å²) in [5, 5.41) is 4.43. The third-order valence-corrected chi connectivity index (χ3v) is 5.36. The van der Waals surface area contributed by atoms with E-state index in [9.17, 15) is 13.6 Å². The largest absolute Gasteiger partial charge is 0.368 e. The highest BCUT2D eigenvalue weighted by Gasteiger charge is 2.33. The lowest BCUT2D eigenvalue weighted by Crippen LogP contribution is -2.49. The van der Waals surface area contributed by atoms with Crippen LogP contribution in [-0.2, 0) is 17.3 Å². The van der Waals surface area contributed by atoms with Crippen LogP contribution in [0.2, 0.25) is 10.0 Å². The summed E-state index contributed by atoms with van der Waals surface area (Å²) in [5.74, 6) is -3.32. The van der Waals surface area contributed by atoms with Crippen LogP contribution >= 0.6 is 23.2 Å². The van der Waals surface area contributed by atoms with Crippen LogP contribution in [0.4, 0.5) is 14.5 Å². The number of carbonyl (C=O) groups is 1. The molecule has 0 N–H and O–H groups in total. The fraction of sp³-hybridized carbons (Fsp3) is 0.444. The van der Waals surface area contributed by atoms with Crippen molar-refractivity contribution >= 4 is 34.8 Å². The number of piperazine rings is 1. The maximum Gasteiger partial charge on any atom is 0.290 e. The normalized spacial score (nSPS) is 15.3. The van der Waals surface area contributed by atoms with Gasteiger partial charge in [0.05, 0.1) is 10.7 Å². The van der Waals surface area contributed by atoms with Crippen LogP contribution in [0.1, 0.15) is 18.3 Å². The van der Waals surface area contributed by atoms with E-state index in [0.717, 1.165) is 12.6 Å². The Balaban J connectivity index is 1.63. The minimum atomic E-state index is -3.15. The summed E-state index contributed by atoms with van der Waals surface area (Å²) in [7, 11) is 0. The molecule has 2 heterocycles. The van der Waals surface area contributed by atoms with Crippen molar-refractivity contribution in [3.05, 3.63) is 45.7 Å². The fourth-order valence-electron chi connectivity index (χ4n) is 3.05. The molecular formula is C18H20Cl2F2N4O. The number of anilines is 1. The Bertz CT molecular complexity index is 825. The van der Waals surface area contributed by atoms with Gasteiger partial charge in [0.2, 0.25) is 5.91 Å². The zero-order valence-corrected chi connectivity index (χ0v) is 16.6. The Morgan fingerprint density at radius 3 is 2.26 bits per heavy atom. The first-order valence-electron chi connectivity index (χ1n) is 8.56. The van der Waals surface area contributed by atoms with Crippen molar-refractivity contribution in [3.63, 3.8) is 0 Å². The molecule has 2 aromatic rings. The van der Waals surface area contributed by atoms with Gasteiger partial charge in [-0.2, -0.15) is 13.9 Å². The molecule has 1 fully saturated rings. The van der Waals surface area contributed by atoms with Gasteiger partial charge in [0.15, 0.2) is 0 Å². The van der Waals surface area contributed by atoms with E-state index in [1.165, 1.54) is 4.68 Å². The second-order valence-electron chi connectivity index (χ2n) is 6.64. The molecule has 0 aliphatic carbocycles. The van der Waals surface area contributed by atoms with Crippen molar-refractivity contribution in [1.82, 2.24) is 14.7 Å². The molecule has 0 radical (unpaired) electrons. The predicted octanol–water partition coefficient (Wildman–Crippen LogP) is 3.96. The highest BCUT2D eigenvalue weighted by atomic mass is 35.5.